The van der Waals surface area contributed by atoms with Crippen LogP contribution in [0.15, 0.2) is 0 Å². The van der Waals surface area contributed by atoms with Gasteiger partial charge in [0.2, 0.25) is 0 Å². The van der Waals surface area contributed by atoms with Gasteiger partial charge in [0.1, 0.15) is 0 Å². The van der Waals surface area contributed by atoms with Crippen molar-refractivity contribution in [3.05, 3.63) is 0 Å². The third-order valence-electron chi connectivity index (χ3n) is 0. The van der Waals surface area contributed by atoms with Crippen molar-refractivity contribution >= 4 is 50.3 Å². The Morgan fingerprint density at radius 3 is 1.25 bits per heavy atom. The first-order valence-corrected chi connectivity index (χ1v) is 9.93. The number of hydrogen-bond acceptors (Lipinski definition) is 0. The van der Waals surface area contributed by atoms with Crippen LogP contribution in [0.3, 0.4) is 0 Å². The van der Waals surface area contributed by atoms with Crippen LogP contribution in [-0.4, -0.2) is 0 Å². The Bertz CT molecular complexity index is 6.00. The van der Waals surface area contributed by atoms with Gasteiger partial charge in [-0.05, 0) is 0 Å². The molecule has 0 aromatic heterocycles. The Kier molecular flexibility index (Phi) is 42.6. The van der Waals surface area contributed by atoms with Gasteiger partial charge >= 0.3 is 32.0 Å². The van der Waals surface area contributed by atoms with Crippen molar-refractivity contribution in [2.24, 2.45) is 0 Å². The van der Waals surface area contributed by atoms with E-state index in [-0.39, 0.29) is 0 Å². The average Bonchev–Trinajstić information content (AvgIpc) is 1.50. The van der Waals surface area contributed by atoms with Crippen LogP contribution in [-0.2, 0) is 18.9 Å². The van der Waals surface area contributed by atoms with E-state index in [0.717, 1.165) is 0 Å². The molecule has 0 rings (SSSR count). The van der Waals surface area contributed by atoms with Gasteiger partial charge < -0.3 is 0 Å². The van der Waals surface area contributed by atoms with Gasteiger partial charge in [-0.25, -0.2) is 0 Å². The van der Waals surface area contributed by atoms with Crippen LogP contribution in [0.25, 0.3) is 0 Å². The Balaban J connectivity index is 0. The van der Waals surface area contributed by atoms with Crippen LogP contribution in [0.2, 0.25) is 0 Å². The summed E-state index contributed by atoms with van der Waals surface area (Å²) in [6, 6.07) is 0. The molecule has 0 aromatic rings. The van der Waals surface area contributed by atoms with Crippen molar-refractivity contribution < 1.29 is 18.9 Å². The molecule has 0 amide bonds. The van der Waals surface area contributed by atoms with E-state index in [2.05, 4.69) is 69.2 Å². The second-order valence-corrected chi connectivity index (χ2v) is 0. The predicted molar refractivity (Wildman–Crippen MR) is 37.0 cm³/mol. The van der Waals surface area contributed by atoms with E-state index in [0.29, 0.717) is 0 Å². The molecule has 0 nitrogen and oxygen atoms in total. The molecular weight excluding hydrogens is 442 g/mol. The van der Waals surface area contributed by atoms with Crippen LogP contribution >= 0.6 is 50.3 Å². The van der Waals surface area contributed by atoms with E-state index >= 15 is 0 Å². The summed E-state index contributed by atoms with van der Waals surface area (Å²) < 4.78 is 0. The van der Waals surface area contributed by atoms with E-state index in [4.69, 9.17) is 0 Å². The summed E-state index contributed by atoms with van der Waals surface area (Å²) in [7, 11) is 0. The van der Waals surface area contributed by atoms with Crippen LogP contribution in [0, 0.1) is 0 Å². The SMILES string of the molecule is II.[Br][Ag]. The summed E-state index contributed by atoms with van der Waals surface area (Å²) in [6.07, 6.45) is 0. The monoisotopic (exact) mass is 440 g/mol. The van der Waals surface area contributed by atoms with E-state index in [1.165, 1.54) is 0 Å². The Labute approximate surface area is 67.7 Å². The summed E-state index contributed by atoms with van der Waals surface area (Å²) in [5.41, 5.74) is 0. The summed E-state index contributed by atoms with van der Waals surface area (Å²) in [6.45, 7) is 0. The quantitative estimate of drug-likeness (QED) is 0.401. The Morgan fingerprint density at radius 2 is 1.25 bits per heavy atom. The van der Waals surface area contributed by atoms with E-state index < -0.39 is 0 Å². The second kappa shape index (κ2) is 17.3. The van der Waals surface area contributed by atoms with Gasteiger partial charge in [0.05, 0.1) is 0 Å². The molecule has 0 heterocycles. The molecule has 0 saturated heterocycles. The van der Waals surface area contributed by atoms with Crippen molar-refractivity contribution in [3.63, 3.8) is 0 Å². The van der Waals surface area contributed by atoms with E-state index in [1.54, 1.807) is 0 Å². The minimum absolute atomic E-state index is 2.12. The van der Waals surface area contributed by atoms with Crippen LogP contribution in [0.5, 0.6) is 0 Å². The van der Waals surface area contributed by atoms with Gasteiger partial charge in [0, 0.05) is 37.2 Å². The van der Waals surface area contributed by atoms with Crippen LogP contribution < -0.4 is 0 Å². The zero-order valence-electron chi connectivity index (χ0n) is 1.44. The fourth-order valence-corrected chi connectivity index (χ4v) is 0. The molecular formula is AgBrI2. The fraction of sp³-hybridized carbons (Fsp3) is 0. The van der Waals surface area contributed by atoms with Crippen LogP contribution in [0.4, 0.5) is 0 Å². The molecule has 0 N–H and O–H groups in total. The summed E-state index contributed by atoms with van der Waals surface area (Å²) >= 11 is 9.75. The molecule has 32 valence electrons. The van der Waals surface area contributed by atoms with Crippen molar-refractivity contribution in [2.75, 3.05) is 0 Å². The molecule has 0 fully saturated rings. The summed E-state index contributed by atoms with van der Waals surface area (Å²) in [5.74, 6) is 0. The number of hydrogen-bond donors (Lipinski definition) is 0. The fourth-order valence-electron chi connectivity index (χ4n) is 0. The van der Waals surface area contributed by atoms with Crippen molar-refractivity contribution in [2.45, 2.75) is 0 Å². The molecule has 0 atom stereocenters. The molecule has 0 aliphatic carbocycles. The first-order valence-electron chi connectivity index (χ1n) is 0.257. The van der Waals surface area contributed by atoms with Gasteiger partial charge in [-0.2, -0.15) is 0 Å². The van der Waals surface area contributed by atoms with E-state index in [9.17, 15) is 0 Å². The van der Waals surface area contributed by atoms with Gasteiger partial charge in [-0.3, -0.25) is 0 Å². The zero-order chi connectivity index (χ0) is 4.00. The third-order valence-corrected chi connectivity index (χ3v) is 0. The van der Waals surface area contributed by atoms with Gasteiger partial charge in [-0.1, -0.05) is 0 Å². The molecule has 0 spiro atoms. The summed E-state index contributed by atoms with van der Waals surface area (Å²) in [4.78, 5) is 0. The molecule has 4 heteroatoms. The first-order chi connectivity index (χ1) is 2.00. The normalized spacial score (nSPS) is 3.25. The third kappa shape index (κ3) is 8.82. The Morgan fingerprint density at radius 1 is 1.25 bits per heavy atom. The van der Waals surface area contributed by atoms with Gasteiger partial charge in [-0.15, -0.1) is 0 Å². The minimum atomic E-state index is 2.12. The molecule has 0 unspecified atom stereocenters. The molecule has 0 aliphatic heterocycles. The first kappa shape index (κ1) is 9.84. The van der Waals surface area contributed by atoms with Gasteiger partial charge in [0.25, 0.3) is 0 Å². The van der Waals surface area contributed by atoms with E-state index in [1.807, 2.05) is 0 Å². The standard InChI is InChI=1S/Ag.BrH.I2/c;;1-2/h;1H;/q+1;;/p-1. The number of rotatable bonds is 0. The Hall–Kier alpha value is 2.68. The molecule has 4 heavy (non-hydrogen) atoms. The molecule has 0 bridgehead atoms. The van der Waals surface area contributed by atoms with Crippen molar-refractivity contribution in [1.29, 1.82) is 0 Å². The molecule has 0 aliphatic rings. The van der Waals surface area contributed by atoms with Crippen LogP contribution in [0.1, 0.15) is 0 Å². The summed E-state index contributed by atoms with van der Waals surface area (Å²) in [5, 5.41) is 0. The predicted octanol–water partition coefficient (Wildman–Crippen LogP) is 2.61. The maximum absolute atomic E-state index is 2.76. The molecule has 0 radical (unpaired) electrons. The molecule has 0 aromatic carbocycles. The second-order valence-electron chi connectivity index (χ2n) is 0. The zero-order valence-corrected chi connectivity index (χ0v) is 8.82. The van der Waals surface area contributed by atoms with Gasteiger partial charge in [0.15, 0.2) is 0 Å². The number of halogens is 3. The average molecular weight is 442 g/mol. The van der Waals surface area contributed by atoms with Crippen molar-refractivity contribution in [3.8, 4) is 0 Å². The van der Waals surface area contributed by atoms with Crippen molar-refractivity contribution in [1.82, 2.24) is 0 Å². The maximum atomic E-state index is 2.76. The topological polar surface area (TPSA) is 0 Å². The molecule has 0 saturated carbocycles.